The van der Waals surface area contributed by atoms with Crippen molar-refractivity contribution >= 4 is 22.4 Å². The molecule has 0 radical (unpaired) electrons. The van der Waals surface area contributed by atoms with E-state index in [1.54, 1.807) is 6.92 Å². The summed E-state index contributed by atoms with van der Waals surface area (Å²) in [6, 6.07) is 0. The predicted octanol–water partition coefficient (Wildman–Crippen LogP) is 2.56. The molecule has 1 aliphatic carbocycles. The molecule has 0 bridgehead atoms. The van der Waals surface area contributed by atoms with Crippen LogP contribution in [0.5, 0.6) is 0 Å². The first-order valence-corrected chi connectivity index (χ1v) is 6.47. The van der Waals surface area contributed by atoms with Gasteiger partial charge in [-0.2, -0.15) is 0 Å². The number of ether oxygens (including phenoxy) is 1. The lowest BCUT2D eigenvalue weighted by Crippen LogP contribution is -2.09. The summed E-state index contributed by atoms with van der Waals surface area (Å²) in [6.07, 6.45) is 4.72. The first-order valence-electron chi connectivity index (χ1n) is 5.65. The molecule has 0 aromatic carbocycles. The molecule has 2 N–H and O–H groups in total. The lowest BCUT2D eigenvalue weighted by atomic mass is 10.1. The highest BCUT2D eigenvalue weighted by Crippen LogP contribution is 2.39. The molecule has 4 nitrogen and oxygen atoms in total. The highest BCUT2D eigenvalue weighted by molar-refractivity contribution is 7.15. The fourth-order valence-electron chi connectivity index (χ4n) is 2.16. The largest absolute Gasteiger partial charge is 0.461 e. The number of anilines is 1. The Labute approximate surface area is 98.8 Å². The van der Waals surface area contributed by atoms with Gasteiger partial charge in [-0.05, 0) is 25.7 Å². The van der Waals surface area contributed by atoms with E-state index in [1.165, 1.54) is 24.2 Å². The van der Waals surface area contributed by atoms with Crippen molar-refractivity contribution < 1.29 is 9.53 Å². The van der Waals surface area contributed by atoms with E-state index in [0.717, 1.165) is 17.7 Å². The number of hydrogen-bond acceptors (Lipinski definition) is 5. The molecular formula is C11H16N2O2S. The molecule has 0 aliphatic heterocycles. The fraction of sp³-hybridized carbons (Fsp3) is 0.636. The standard InChI is InChI=1S/C11H16N2O2S/c1-2-15-10(14)8-9(16-11(12)13-8)7-5-3-4-6-7/h7H,2-6H2,1H3,(H2,12,13). The maximum atomic E-state index is 11.7. The van der Waals surface area contributed by atoms with Gasteiger partial charge in [0.25, 0.3) is 0 Å². The van der Waals surface area contributed by atoms with E-state index in [4.69, 9.17) is 10.5 Å². The van der Waals surface area contributed by atoms with E-state index in [9.17, 15) is 4.79 Å². The average molecular weight is 240 g/mol. The second-order valence-electron chi connectivity index (χ2n) is 3.97. The molecule has 1 aliphatic rings. The van der Waals surface area contributed by atoms with Gasteiger partial charge in [0.2, 0.25) is 0 Å². The number of thiazole rings is 1. The van der Waals surface area contributed by atoms with Gasteiger partial charge in [0.05, 0.1) is 6.61 Å². The van der Waals surface area contributed by atoms with Crippen LogP contribution in [-0.4, -0.2) is 17.6 Å². The highest BCUT2D eigenvalue weighted by Gasteiger charge is 2.27. The van der Waals surface area contributed by atoms with Gasteiger partial charge in [-0.1, -0.05) is 12.8 Å². The summed E-state index contributed by atoms with van der Waals surface area (Å²) in [7, 11) is 0. The Hall–Kier alpha value is -1.10. The van der Waals surface area contributed by atoms with Crippen LogP contribution in [-0.2, 0) is 4.74 Å². The zero-order chi connectivity index (χ0) is 11.5. The van der Waals surface area contributed by atoms with Crippen molar-refractivity contribution in [1.82, 2.24) is 4.98 Å². The van der Waals surface area contributed by atoms with E-state index in [2.05, 4.69) is 4.98 Å². The van der Waals surface area contributed by atoms with Gasteiger partial charge >= 0.3 is 5.97 Å². The Balaban J connectivity index is 2.25. The van der Waals surface area contributed by atoms with Gasteiger partial charge in [-0.3, -0.25) is 0 Å². The van der Waals surface area contributed by atoms with E-state index in [-0.39, 0.29) is 5.97 Å². The van der Waals surface area contributed by atoms with Crippen molar-refractivity contribution in [3.63, 3.8) is 0 Å². The minimum atomic E-state index is -0.336. The number of hydrogen-bond donors (Lipinski definition) is 1. The number of carbonyl (C=O) groups excluding carboxylic acids is 1. The van der Waals surface area contributed by atoms with Crippen molar-refractivity contribution in [3.8, 4) is 0 Å². The SMILES string of the molecule is CCOC(=O)c1nc(N)sc1C1CCCC1. The molecule has 2 rings (SSSR count). The first-order chi connectivity index (χ1) is 7.72. The summed E-state index contributed by atoms with van der Waals surface area (Å²) in [6.45, 7) is 2.17. The Morgan fingerprint density at radius 3 is 2.88 bits per heavy atom. The van der Waals surface area contributed by atoms with Gasteiger partial charge in [0.1, 0.15) is 0 Å². The van der Waals surface area contributed by atoms with E-state index >= 15 is 0 Å². The Kier molecular flexibility index (Phi) is 3.43. The summed E-state index contributed by atoms with van der Waals surface area (Å²) >= 11 is 1.43. The highest BCUT2D eigenvalue weighted by atomic mass is 32.1. The summed E-state index contributed by atoms with van der Waals surface area (Å²) < 4.78 is 4.99. The van der Waals surface area contributed by atoms with Crippen LogP contribution >= 0.6 is 11.3 Å². The second kappa shape index (κ2) is 4.82. The third-order valence-electron chi connectivity index (χ3n) is 2.86. The van der Waals surface area contributed by atoms with Crippen LogP contribution in [0.25, 0.3) is 0 Å². The van der Waals surface area contributed by atoms with Crippen LogP contribution in [0, 0.1) is 0 Å². The number of nitrogens with two attached hydrogens (primary N) is 1. The lowest BCUT2D eigenvalue weighted by molar-refractivity contribution is 0.0518. The monoisotopic (exact) mass is 240 g/mol. The molecule has 0 atom stereocenters. The molecule has 1 fully saturated rings. The molecule has 1 heterocycles. The van der Waals surface area contributed by atoms with E-state index in [1.807, 2.05) is 0 Å². The quantitative estimate of drug-likeness (QED) is 0.825. The van der Waals surface area contributed by atoms with Crippen molar-refractivity contribution in [3.05, 3.63) is 10.6 Å². The third-order valence-corrected chi connectivity index (χ3v) is 3.91. The van der Waals surface area contributed by atoms with Crippen LogP contribution < -0.4 is 5.73 Å². The fourth-order valence-corrected chi connectivity index (χ4v) is 3.15. The summed E-state index contributed by atoms with van der Waals surface area (Å²) in [5.41, 5.74) is 6.12. The van der Waals surface area contributed by atoms with Crippen LogP contribution in [0.4, 0.5) is 5.13 Å². The zero-order valence-electron chi connectivity index (χ0n) is 9.36. The molecule has 88 valence electrons. The molecule has 16 heavy (non-hydrogen) atoms. The smallest absolute Gasteiger partial charge is 0.358 e. The van der Waals surface area contributed by atoms with Crippen LogP contribution in [0.1, 0.15) is 53.9 Å². The molecular weight excluding hydrogens is 224 g/mol. The molecule has 1 aromatic heterocycles. The summed E-state index contributed by atoms with van der Waals surface area (Å²) in [4.78, 5) is 16.8. The molecule has 1 saturated carbocycles. The molecule has 5 heteroatoms. The predicted molar refractivity (Wildman–Crippen MR) is 63.7 cm³/mol. The second-order valence-corrected chi connectivity index (χ2v) is 5.03. The van der Waals surface area contributed by atoms with Gasteiger partial charge in [-0.25, -0.2) is 9.78 Å². The summed E-state index contributed by atoms with van der Waals surface area (Å²) in [5, 5.41) is 0.463. The van der Waals surface area contributed by atoms with Gasteiger partial charge < -0.3 is 10.5 Å². The lowest BCUT2D eigenvalue weighted by Gasteiger charge is -2.07. The minimum absolute atomic E-state index is 0.336. The number of carbonyl (C=O) groups is 1. The van der Waals surface area contributed by atoms with Crippen LogP contribution in [0.2, 0.25) is 0 Å². The Bertz CT molecular complexity index is 383. The summed E-state index contributed by atoms with van der Waals surface area (Å²) in [5.74, 6) is 0.117. The molecule has 0 spiro atoms. The Morgan fingerprint density at radius 2 is 2.25 bits per heavy atom. The minimum Gasteiger partial charge on any atom is -0.461 e. The normalized spacial score (nSPS) is 16.6. The van der Waals surface area contributed by atoms with Crippen molar-refractivity contribution in [1.29, 1.82) is 0 Å². The number of nitrogen functional groups attached to an aromatic ring is 1. The Morgan fingerprint density at radius 1 is 1.56 bits per heavy atom. The molecule has 0 saturated heterocycles. The number of rotatable bonds is 3. The molecule has 0 amide bonds. The number of aromatic nitrogens is 1. The van der Waals surface area contributed by atoms with Gasteiger partial charge in [-0.15, -0.1) is 11.3 Å². The van der Waals surface area contributed by atoms with Crippen LogP contribution in [0.15, 0.2) is 0 Å². The van der Waals surface area contributed by atoms with E-state index < -0.39 is 0 Å². The zero-order valence-corrected chi connectivity index (χ0v) is 10.2. The maximum absolute atomic E-state index is 11.7. The van der Waals surface area contributed by atoms with Crippen LogP contribution in [0.3, 0.4) is 0 Å². The first kappa shape index (κ1) is 11.4. The van der Waals surface area contributed by atoms with Gasteiger partial charge in [0, 0.05) is 4.88 Å². The molecule has 0 unspecified atom stereocenters. The van der Waals surface area contributed by atoms with Crippen molar-refractivity contribution in [2.75, 3.05) is 12.3 Å². The third kappa shape index (κ3) is 2.19. The van der Waals surface area contributed by atoms with Crippen molar-refractivity contribution in [2.24, 2.45) is 0 Å². The number of esters is 1. The molecule has 1 aromatic rings. The topological polar surface area (TPSA) is 65.2 Å². The average Bonchev–Trinajstić information content (AvgIpc) is 2.85. The van der Waals surface area contributed by atoms with Crippen molar-refractivity contribution in [2.45, 2.75) is 38.5 Å². The van der Waals surface area contributed by atoms with E-state index in [0.29, 0.717) is 23.4 Å². The number of nitrogens with zero attached hydrogens (tertiary/aromatic N) is 1. The maximum Gasteiger partial charge on any atom is 0.358 e. The van der Waals surface area contributed by atoms with Gasteiger partial charge in [0.15, 0.2) is 10.8 Å².